The molecule has 2 saturated heterocycles. The van der Waals surface area contributed by atoms with Crippen LogP contribution in [0.25, 0.3) is 0 Å². The Bertz CT molecular complexity index is 801. The van der Waals surface area contributed by atoms with Gasteiger partial charge in [0, 0.05) is 56.2 Å². The van der Waals surface area contributed by atoms with Crippen LogP contribution in [0.2, 0.25) is 0 Å². The summed E-state index contributed by atoms with van der Waals surface area (Å²) in [5.74, 6) is 0.156. The first-order chi connectivity index (χ1) is 13.1. The van der Waals surface area contributed by atoms with Crippen LogP contribution in [0.1, 0.15) is 34.3 Å². The average molecular weight is 364 g/mol. The molecule has 2 aliphatic rings. The minimum atomic E-state index is 0.156. The number of amides is 1. The number of hydrogen-bond acceptors (Lipinski definition) is 3. The Labute approximate surface area is 162 Å². The van der Waals surface area contributed by atoms with E-state index in [9.17, 15) is 4.79 Å². The lowest BCUT2D eigenvalue weighted by molar-refractivity contribution is 0.0747. The Kier molecular flexibility index (Phi) is 5.06. The molecule has 2 heterocycles. The summed E-state index contributed by atoms with van der Waals surface area (Å²) in [6.07, 6.45) is 2.54. The fourth-order valence-corrected chi connectivity index (χ4v) is 4.20. The summed E-state index contributed by atoms with van der Waals surface area (Å²) in [5, 5.41) is 0. The number of hydrogen-bond donors (Lipinski definition) is 0. The number of nitrogens with zero attached hydrogens (tertiary/aromatic N) is 3. The highest BCUT2D eigenvalue weighted by Crippen LogP contribution is 2.25. The molecule has 0 bridgehead atoms. The molecule has 0 N–H and O–H groups in total. The Morgan fingerprint density at radius 1 is 0.778 bits per heavy atom. The van der Waals surface area contributed by atoms with Crippen molar-refractivity contribution < 1.29 is 4.79 Å². The van der Waals surface area contributed by atoms with Crippen LogP contribution in [0.3, 0.4) is 0 Å². The van der Waals surface area contributed by atoms with Gasteiger partial charge in [-0.1, -0.05) is 12.1 Å². The first-order valence-electron chi connectivity index (χ1n) is 10.1. The van der Waals surface area contributed by atoms with Gasteiger partial charge in [-0.15, -0.1) is 0 Å². The third kappa shape index (κ3) is 3.66. The average Bonchev–Trinajstić information content (AvgIpc) is 3.25. The molecule has 2 aromatic carbocycles. The minimum Gasteiger partial charge on any atom is -0.372 e. The van der Waals surface area contributed by atoms with Crippen LogP contribution in [0.15, 0.2) is 42.5 Å². The molecular formula is C23H29N3O. The van der Waals surface area contributed by atoms with Crippen LogP contribution in [-0.2, 0) is 0 Å². The molecule has 27 heavy (non-hydrogen) atoms. The third-order valence-electron chi connectivity index (χ3n) is 6.07. The van der Waals surface area contributed by atoms with Crippen molar-refractivity contribution in [2.45, 2.75) is 26.7 Å². The highest BCUT2D eigenvalue weighted by atomic mass is 16.2. The summed E-state index contributed by atoms with van der Waals surface area (Å²) < 4.78 is 0. The molecule has 0 spiro atoms. The normalized spacial score (nSPS) is 17.5. The second kappa shape index (κ2) is 7.63. The lowest BCUT2D eigenvalue weighted by atomic mass is 10.1. The number of carbonyl (C=O) groups excluding carboxylic acids is 1. The topological polar surface area (TPSA) is 26.8 Å². The van der Waals surface area contributed by atoms with E-state index in [2.05, 4.69) is 54.0 Å². The SMILES string of the molecule is Cc1cccc(N2CCN(C(=O)c3ccc(N4CCCC4)cc3)CC2)c1C. The zero-order chi connectivity index (χ0) is 18.8. The lowest BCUT2D eigenvalue weighted by Crippen LogP contribution is -2.49. The zero-order valence-corrected chi connectivity index (χ0v) is 16.4. The summed E-state index contributed by atoms with van der Waals surface area (Å²) in [6, 6.07) is 14.7. The molecule has 142 valence electrons. The van der Waals surface area contributed by atoms with E-state index >= 15 is 0 Å². The molecule has 0 atom stereocenters. The molecule has 0 radical (unpaired) electrons. The second-order valence-corrected chi connectivity index (χ2v) is 7.74. The maximum Gasteiger partial charge on any atom is 0.253 e. The van der Waals surface area contributed by atoms with E-state index in [1.165, 1.54) is 35.3 Å². The van der Waals surface area contributed by atoms with Gasteiger partial charge in [-0.05, 0) is 68.1 Å². The number of aryl methyl sites for hydroxylation is 1. The standard InChI is InChI=1S/C23H29N3O/c1-18-6-5-7-22(19(18)2)25-14-16-26(17-15-25)23(27)20-8-10-21(11-9-20)24-12-3-4-13-24/h5-11H,3-4,12-17H2,1-2H3. The van der Waals surface area contributed by atoms with Crippen molar-refractivity contribution in [3.05, 3.63) is 59.2 Å². The minimum absolute atomic E-state index is 0.156. The number of rotatable bonds is 3. The van der Waals surface area contributed by atoms with Gasteiger partial charge in [-0.25, -0.2) is 0 Å². The highest BCUT2D eigenvalue weighted by Gasteiger charge is 2.23. The van der Waals surface area contributed by atoms with Gasteiger partial charge in [0.05, 0.1) is 0 Å². The number of anilines is 2. The predicted octanol–water partition coefficient (Wildman–Crippen LogP) is 3.87. The van der Waals surface area contributed by atoms with E-state index in [1.54, 1.807) is 0 Å². The quantitative estimate of drug-likeness (QED) is 0.828. The predicted molar refractivity (Wildman–Crippen MR) is 112 cm³/mol. The maximum absolute atomic E-state index is 12.9. The van der Waals surface area contributed by atoms with Crippen molar-refractivity contribution in [3.63, 3.8) is 0 Å². The highest BCUT2D eigenvalue weighted by molar-refractivity contribution is 5.94. The van der Waals surface area contributed by atoms with E-state index in [-0.39, 0.29) is 5.91 Å². The second-order valence-electron chi connectivity index (χ2n) is 7.74. The Morgan fingerprint density at radius 3 is 2.11 bits per heavy atom. The summed E-state index contributed by atoms with van der Waals surface area (Å²) in [6.45, 7) is 9.94. The largest absolute Gasteiger partial charge is 0.372 e. The monoisotopic (exact) mass is 363 g/mol. The van der Waals surface area contributed by atoms with Crippen LogP contribution in [0.4, 0.5) is 11.4 Å². The fourth-order valence-electron chi connectivity index (χ4n) is 4.20. The van der Waals surface area contributed by atoms with E-state index in [0.29, 0.717) is 0 Å². The fraction of sp³-hybridized carbons (Fsp3) is 0.435. The van der Waals surface area contributed by atoms with E-state index in [1.807, 2.05) is 17.0 Å². The van der Waals surface area contributed by atoms with Crippen LogP contribution in [0.5, 0.6) is 0 Å². The van der Waals surface area contributed by atoms with Crippen molar-refractivity contribution in [1.29, 1.82) is 0 Å². The lowest BCUT2D eigenvalue weighted by Gasteiger charge is -2.37. The molecule has 4 heteroatoms. The molecule has 2 aromatic rings. The van der Waals surface area contributed by atoms with Gasteiger partial charge >= 0.3 is 0 Å². The van der Waals surface area contributed by atoms with Gasteiger partial charge in [0.1, 0.15) is 0 Å². The van der Waals surface area contributed by atoms with Gasteiger partial charge in [-0.3, -0.25) is 4.79 Å². The molecule has 4 rings (SSSR count). The summed E-state index contributed by atoms with van der Waals surface area (Å²) in [7, 11) is 0. The van der Waals surface area contributed by atoms with Gasteiger partial charge in [0.25, 0.3) is 5.91 Å². The van der Waals surface area contributed by atoms with Crippen molar-refractivity contribution in [1.82, 2.24) is 4.90 Å². The summed E-state index contributed by atoms with van der Waals surface area (Å²) in [5.41, 5.74) is 6.01. The zero-order valence-electron chi connectivity index (χ0n) is 16.4. The smallest absolute Gasteiger partial charge is 0.253 e. The molecule has 2 aliphatic heterocycles. The van der Waals surface area contributed by atoms with Crippen LogP contribution in [0, 0.1) is 13.8 Å². The molecular weight excluding hydrogens is 334 g/mol. The molecule has 0 unspecified atom stereocenters. The molecule has 0 aromatic heterocycles. The van der Waals surface area contributed by atoms with E-state index in [0.717, 1.165) is 44.8 Å². The molecule has 1 amide bonds. The van der Waals surface area contributed by atoms with Gasteiger partial charge in [0.15, 0.2) is 0 Å². The van der Waals surface area contributed by atoms with Crippen molar-refractivity contribution in [2.24, 2.45) is 0 Å². The maximum atomic E-state index is 12.9. The summed E-state index contributed by atoms with van der Waals surface area (Å²) in [4.78, 5) is 19.7. The molecule has 0 saturated carbocycles. The van der Waals surface area contributed by atoms with Gasteiger partial charge < -0.3 is 14.7 Å². The van der Waals surface area contributed by atoms with Crippen LogP contribution < -0.4 is 9.80 Å². The first-order valence-corrected chi connectivity index (χ1v) is 10.1. The Balaban J connectivity index is 1.39. The first kappa shape index (κ1) is 17.9. The van der Waals surface area contributed by atoms with Gasteiger partial charge in [-0.2, -0.15) is 0 Å². The molecule has 0 aliphatic carbocycles. The number of benzene rings is 2. The van der Waals surface area contributed by atoms with Crippen molar-refractivity contribution in [3.8, 4) is 0 Å². The van der Waals surface area contributed by atoms with Crippen LogP contribution in [-0.4, -0.2) is 50.1 Å². The van der Waals surface area contributed by atoms with Gasteiger partial charge in [0.2, 0.25) is 0 Å². The Morgan fingerprint density at radius 2 is 1.44 bits per heavy atom. The third-order valence-corrected chi connectivity index (χ3v) is 6.07. The number of carbonyl (C=O) groups is 1. The van der Waals surface area contributed by atoms with Crippen molar-refractivity contribution in [2.75, 3.05) is 49.1 Å². The van der Waals surface area contributed by atoms with E-state index < -0.39 is 0 Å². The Hall–Kier alpha value is -2.49. The van der Waals surface area contributed by atoms with Crippen molar-refractivity contribution >= 4 is 17.3 Å². The number of piperazine rings is 1. The van der Waals surface area contributed by atoms with E-state index in [4.69, 9.17) is 0 Å². The molecule has 4 nitrogen and oxygen atoms in total. The molecule has 2 fully saturated rings. The summed E-state index contributed by atoms with van der Waals surface area (Å²) >= 11 is 0. The van der Waals surface area contributed by atoms with Crippen LogP contribution >= 0.6 is 0 Å².